The predicted octanol–water partition coefficient (Wildman–Crippen LogP) is 5.74. The number of carbonyl (C=O) groups is 2. The molecule has 0 aliphatic heterocycles. The summed E-state index contributed by atoms with van der Waals surface area (Å²) in [6.45, 7) is 9.41. The fourth-order valence-electron chi connectivity index (χ4n) is 4.49. The summed E-state index contributed by atoms with van der Waals surface area (Å²) in [5.41, 5.74) is 2.48. The Labute approximate surface area is 254 Å². The van der Waals surface area contributed by atoms with E-state index in [0.29, 0.717) is 29.3 Å². The first-order chi connectivity index (χ1) is 19.9. The van der Waals surface area contributed by atoms with Crippen LogP contribution in [-0.2, 0) is 26.2 Å². The first-order valence-corrected chi connectivity index (χ1v) is 15.7. The van der Waals surface area contributed by atoms with Gasteiger partial charge in [0.25, 0.3) is 10.0 Å². The van der Waals surface area contributed by atoms with Crippen molar-refractivity contribution in [1.29, 1.82) is 0 Å². The first-order valence-electron chi connectivity index (χ1n) is 13.9. The maximum atomic E-state index is 14.2. The van der Waals surface area contributed by atoms with Crippen LogP contribution in [0.2, 0.25) is 5.02 Å². The van der Waals surface area contributed by atoms with Crippen molar-refractivity contribution in [3.63, 3.8) is 0 Å². The van der Waals surface area contributed by atoms with Crippen molar-refractivity contribution >= 4 is 39.1 Å². The van der Waals surface area contributed by atoms with E-state index >= 15 is 0 Å². The second-order valence-electron chi connectivity index (χ2n) is 10.6. The van der Waals surface area contributed by atoms with Crippen LogP contribution in [0.3, 0.4) is 0 Å². The SMILES string of the molecule is CC[C@H](C(=O)NCC(C)C)N(Cc1ccc(OC)cc1)C(=O)CN(c1cccc(Cl)c1C)S(=O)(=O)c1ccc(C)cc1. The minimum Gasteiger partial charge on any atom is -0.497 e. The highest BCUT2D eigenvalue weighted by molar-refractivity contribution is 7.92. The van der Waals surface area contributed by atoms with Crippen LogP contribution in [0.25, 0.3) is 0 Å². The third kappa shape index (κ3) is 8.04. The Bertz CT molecular complexity index is 1470. The fraction of sp³-hybridized carbons (Fsp3) is 0.375. The minimum atomic E-state index is -4.18. The lowest BCUT2D eigenvalue weighted by atomic mass is 10.1. The Balaban J connectivity index is 2.08. The van der Waals surface area contributed by atoms with Crippen LogP contribution in [0.15, 0.2) is 71.6 Å². The first kappa shape index (κ1) is 32.9. The molecule has 226 valence electrons. The maximum absolute atomic E-state index is 14.2. The Hall–Kier alpha value is -3.56. The minimum absolute atomic E-state index is 0.0451. The molecule has 42 heavy (non-hydrogen) atoms. The van der Waals surface area contributed by atoms with Crippen molar-refractivity contribution in [2.75, 3.05) is 24.5 Å². The molecular weight excluding hydrogens is 574 g/mol. The monoisotopic (exact) mass is 613 g/mol. The normalized spacial score (nSPS) is 12.1. The molecule has 3 aromatic carbocycles. The standard InChI is InChI=1S/C32H40ClN3O5S/c1-7-29(32(38)34-19-22(2)3)35(20-25-13-15-26(41-6)16-14-25)31(37)21-36(30-10-8-9-28(33)24(30)5)42(39,40)27-17-11-23(4)12-18-27/h8-18,22,29H,7,19-21H2,1-6H3,(H,34,38)/t29-/m1/s1. The van der Waals surface area contributed by atoms with Gasteiger partial charge in [-0.25, -0.2) is 8.42 Å². The summed E-state index contributed by atoms with van der Waals surface area (Å²) >= 11 is 6.40. The number of halogens is 1. The van der Waals surface area contributed by atoms with E-state index in [4.69, 9.17) is 16.3 Å². The van der Waals surface area contributed by atoms with Crippen molar-refractivity contribution in [2.24, 2.45) is 5.92 Å². The van der Waals surface area contributed by atoms with Gasteiger partial charge >= 0.3 is 0 Å². The van der Waals surface area contributed by atoms with E-state index in [1.807, 2.05) is 39.8 Å². The van der Waals surface area contributed by atoms with Gasteiger partial charge in [-0.1, -0.05) is 68.3 Å². The molecule has 0 bridgehead atoms. The Morgan fingerprint density at radius 3 is 2.19 bits per heavy atom. The molecule has 1 N–H and O–H groups in total. The zero-order valence-electron chi connectivity index (χ0n) is 25.1. The summed E-state index contributed by atoms with van der Waals surface area (Å²) in [6, 6.07) is 17.8. The number of amides is 2. The van der Waals surface area contributed by atoms with Gasteiger partial charge in [0, 0.05) is 18.1 Å². The molecule has 0 radical (unpaired) electrons. The molecule has 0 aliphatic carbocycles. The van der Waals surface area contributed by atoms with Gasteiger partial charge in [-0.15, -0.1) is 0 Å². The van der Waals surface area contributed by atoms with Crippen molar-refractivity contribution in [3.05, 3.63) is 88.4 Å². The molecule has 0 saturated heterocycles. The fourth-order valence-corrected chi connectivity index (χ4v) is 6.13. The van der Waals surface area contributed by atoms with Crippen molar-refractivity contribution in [1.82, 2.24) is 10.2 Å². The average molecular weight is 614 g/mol. The van der Waals surface area contributed by atoms with Crippen LogP contribution in [0, 0.1) is 19.8 Å². The number of benzene rings is 3. The third-order valence-electron chi connectivity index (χ3n) is 6.98. The highest BCUT2D eigenvalue weighted by Gasteiger charge is 2.34. The van der Waals surface area contributed by atoms with E-state index in [1.54, 1.807) is 56.5 Å². The number of ether oxygens (including phenoxy) is 1. The third-order valence-corrected chi connectivity index (χ3v) is 9.16. The van der Waals surface area contributed by atoms with Gasteiger partial charge in [-0.2, -0.15) is 0 Å². The maximum Gasteiger partial charge on any atom is 0.264 e. The zero-order valence-corrected chi connectivity index (χ0v) is 26.6. The number of nitrogens with zero attached hydrogens (tertiary/aromatic N) is 2. The number of aryl methyl sites for hydroxylation is 1. The van der Waals surface area contributed by atoms with Crippen LogP contribution >= 0.6 is 11.6 Å². The smallest absolute Gasteiger partial charge is 0.264 e. The summed E-state index contributed by atoms with van der Waals surface area (Å²) in [4.78, 5) is 29.1. The van der Waals surface area contributed by atoms with Crippen LogP contribution in [0.1, 0.15) is 43.9 Å². The number of nitrogens with one attached hydrogen (secondary N) is 1. The molecule has 0 aliphatic rings. The van der Waals surface area contributed by atoms with E-state index in [2.05, 4.69) is 5.32 Å². The highest BCUT2D eigenvalue weighted by atomic mass is 35.5. The van der Waals surface area contributed by atoms with E-state index in [1.165, 1.54) is 17.0 Å². The number of carbonyl (C=O) groups excluding carboxylic acids is 2. The molecule has 10 heteroatoms. The lowest BCUT2D eigenvalue weighted by Crippen LogP contribution is -2.52. The second kappa shape index (κ2) is 14.6. The van der Waals surface area contributed by atoms with Crippen LogP contribution in [0.5, 0.6) is 5.75 Å². The van der Waals surface area contributed by atoms with Gasteiger partial charge in [0.15, 0.2) is 0 Å². The van der Waals surface area contributed by atoms with Gasteiger partial charge in [0.05, 0.1) is 17.7 Å². The summed E-state index contributed by atoms with van der Waals surface area (Å²) < 4.78 is 34.5. The summed E-state index contributed by atoms with van der Waals surface area (Å²) in [6.07, 6.45) is 0.340. The number of sulfonamides is 1. The number of hydrogen-bond acceptors (Lipinski definition) is 5. The Morgan fingerprint density at radius 2 is 1.62 bits per heavy atom. The molecule has 0 heterocycles. The van der Waals surface area contributed by atoms with Crippen molar-refractivity contribution < 1.29 is 22.7 Å². The average Bonchev–Trinajstić information content (AvgIpc) is 2.96. The van der Waals surface area contributed by atoms with Gasteiger partial charge in [0.2, 0.25) is 11.8 Å². The lowest BCUT2D eigenvalue weighted by molar-refractivity contribution is -0.140. The van der Waals surface area contributed by atoms with Crippen LogP contribution < -0.4 is 14.4 Å². The number of anilines is 1. The summed E-state index contributed by atoms with van der Waals surface area (Å²) in [5, 5.41) is 3.31. The van der Waals surface area contributed by atoms with Crippen molar-refractivity contribution in [2.45, 2.75) is 58.5 Å². The van der Waals surface area contributed by atoms with E-state index < -0.39 is 28.5 Å². The quantitative estimate of drug-likeness (QED) is 0.265. The largest absolute Gasteiger partial charge is 0.497 e. The van der Waals surface area contributed by atoms with E-state index in [9.17, 15) is 18.0 Å². The molecule has 0 saturated carbocycles. The van der Waals surface area contributed by atoms with Gasteiger partial charge in [-0.05, 0) is 73.7 Å². The second-order valence-corrected chi connectivity index (χ2v) is 12.9. The molecule has 1 atom stereocenters. The topological polar surface area (TPSA) is 96.0 Å². The predicted molar refractivity (Wildman–Crippen MR) is 167 cm³/mol. The molecular formula is C32H40ClN3O5S. The molecule has 2 amide bonds. The number of hydrogen-bond donors (Lipinski definition) is 1. The zero-order chi connectivity index (χ0) is 31.0. The molecule has 0 spiro atoms. The van der Waals surface area contributed by atoms with Gasteiger partial charge in [-0.3, -0.25) is 13.9 Å². The number of methoxy groups -OCH3 is 1. The Morgan fingerprint density at radius 1 is 0.976 bits per heavy atom. The van der Waals surface area contributed by atoms with Gasteiger partial charge in [0.1, 0.15) is 18.3 Å². The lowest BCUT2D eigenvalue weighted by Gasteiger charge is -2.33. The highest BCUT2D eigenvalue weighted by Crippen LogP contribution is 2.31. The summed E-state index contributed by atoms with van der Waals surface area (Å²) in [5.74, 6) is 0.0654. The summed E-state index contributed by atoms with van der Waals surface area (Å²) in [7, 11) is -2.62. The van der Waals surface area contributed by atoms with Crippen molar-refractivity contribution in [3.8, 4) is 5.75 Å². The van der Waals surface area contributed by atoms with E-state index in [0.717, 1.165) is 15.4 Å². The van der Waals surface area contributed by atoms with Crippen LogP contribution in [-0.4, -0.2) is 51.4 Å². The molecule has 8 nitrogen and oxygen atoms in total. The molecule has 0 unspecified atom stereocenters. The molecule has 0 aromatic heterocycles. The van der Waals surface area contributed by atoms with Crippen LogP contribution in [0.4, 0.5) is 5.69 Å². The van der Waals surface area contributed by atoms with Gasteiger partial charge < -0.3 is 15.0 Å². The number of rotatable bonds is 13. The molecule has 3 aromatic rings. The Kier molecular flexibility index (Phi) is 11.4. The molecule has 3 rings (SSSR count). The molecule has 0 fully saturated rings. The van der Waals surface area contributed by atoms with E-state index in [-0.39, 0.29) is 29.0 Å².